The van der Waals surface area contributed by atoms with Crippen molar-refractivity contribution in [2.24, 2.45) is 5.92 Å². The van der Waals surface area contributed by atoms with E-state index in [0.717, 1.165) is 17.1 Å². The Morgan fingerprint density at radius 2 is 1.96 bits per heavy atom. The van der Waals surface area contributed by atoms with Gasteiger partial charge in [-0.3, -0.25) is 4.79 Å². The zero-order chi connectivity index (χ0) is 16.7. The molecule has 6 nitrogen and oxygen atoms in total. The minimum absolute atomic E-state index is 0.0249. The molecule has 0 radical (unpaired) electrons. The first-order valence-electron chi connectivity index (χ1n) is 7.87. The van der Waals surface area contributed by atoms with E-state index in [4.69, 9.17) is 18.9 Å². The first-order valence-corrected chi connectivity index (χ1v) is 7.87. The zero-order valence-electron chi connectivity index (χ0n) is 14.0. The number of nitrogens with one attached hydrogen (secondary N) is 1. The van der Waals surface area contributed by atoms with Crippen molar-refractivity contribution in [3.05, 3.63) is 23.8 Å². The van der Waals surface area contributed by atoms with E-state index in [9.17, 15) is 4.79 Å². The lowest BCUT2D eigenvalue weighted by Gasteiger charge is -2.25. The van der Waals surface area contributed by atoms with E-state index < -0.39 is 0 Å². The van der Waals surface area contributed by atoms with Crippen molar-refractivity contribution in [2.75, 3.05) is 40.1 Å². The molecule has 0 aliphatic carbocycles. The van der Waals surface area contributed by atoms with Gasteiger partial charge in [0.2, 0.25) is 5.91 Å². The van der Waals surface area contributed by atoms with Crippen molar-refractivity contribution in [1.82, 2.24) is 5.32 Å². The quantitative estimate of drug-likeness (QED) is 0.741. The third-order valence-corrected chi connectivity index (χ3v) is 3.57. The molecular weight excluding hydrogens is 298 g/mol. The van der Waals surface area contributed by atoms with Crippen molar-refractivity contribution < 1.29 is 23.7 Å². The molecule has 0 fully saturated rings. The van der Waals surface area contributed by atoms with Crippen molar-refractivity contribution in [3.63, 3.8) is 0 Å². The number of methoxy groups -OCH3 is 1. The summed E-state index contributed by atoms with van der Waals surface area (Å²) in [7, 11) is 1.60. The lowest BCUT2D eigenvalue weighted by molar-refractivity contribution is -0.127. The van der Waals surface area contributed by atoms with Crippen molar-refractivity contribution in [3.8, 4) is 11.5 Å². The summed E-state index contributed by atoms with van der Waals surface area (Å²) in [6.45, 7) is 6.14. The maximum atomic E-state index is 12.1. The van der Waals surface area contributed by atoms with Crippen LogP contribution < -0.4 is 14.8 Å². The van der Waals surface area contributed by atoms with E-state index in [1.807, 2.05) is 18.2 Å². The molecule has 0 bridgehead atoms. The molecule has 1 aliphatic rings. The number of benzene rings is 1. The number of rotatable bonds is 8. The lowest BCUT2D eigenvalue weighted by atomic mass is 9.95. The van der Waals surface area contributed by atoms with Crippen LogP contribution in [0.1, 0.15) is 25.5 Å². The SMILES string of the molecule is COCCOCC(=O)NC(c1ccc2c(c1)OCCO2)C(C)C. The average Bonchev–Trinajstić information content (AvgIpc) is 2.56. The van der Waals surface area contributed by atoms with E-state index >= 15 is 0 Å². The largest absolute Gasteiger partial charge is 0.486 e. The monoisotopic (exact) mass is 323 g/mol. The number of hydrogen-bond donors (Lipinski definition) is 1. The highest BCUT2D eigenvalue weighted by molar-refractivity contribution is 5.77. The number of hydrogen-bond acceptors (Lipinski definition) is 5. The summed E-state index contributed by atoms with van der Waals surface area (Å²) >= 11 is 0. The third-order valence-electron chi connectivity index (χ3n) is 3.57. The van der Waals surface area contributed by atoms with Crippen LogP contribution in [0.4, 0.5) is 0 Å². The molecule has 0 saturated carbocycles. The third kappa shape index (κ3) is 5.11. The minimum atomic E-state index is -0.144. The van der Waals surface area contributed by atoms with Gasteiger partial charge in [-0.05, 0) is 23.6 Å². The van der Waals surface area contributed by atoms with Crippen LogP contribution in [0.2, 0.25) is 0 Å². The first kappa shape index (κ1) is 17.6. The summed E-state index contributed by atoms with van der Waals surface area (Å²) in [5.74, 6) is 1.57. The number of carbonyl (C=O) groups is 1. The zero-order valence-corrected chi connectivity index (χ0v) is 14.0. The van der Waals surface area contributed by atoms with E-state index in [1.54, 1.807) is 7.11 Å². The highest BCUT2D eigenvalue weighted by Crippen LogP contribution is 2.34. The van der Waals surface area contributed by atoms with Gasteiger partial charge in [0.15, 0.2) is 11.5 Å². The molecule has 128 valence electrons. The van der Waals surface area contributed by atoms with Crippen LogP contribution in [0, 0.1) is 5.92 Å². The normalized spacial score (nSPS) is 14.6. The van der Waals surface area contributed by atoms with E-state index in [-0.39, 0.29) is 24.5 Å². The van der Waals surface area contributed by atoms with Gasteiger partial charge in [-0.15, -0.1) is 0 Å². The first-order chi connectivity index (χ1) is 11.1. The molecule has 0 saturated heterocycles. The lowest BCUT2D eigenvalue weighted by Crippen LogP contribution is -2.34. The minimum Gasteiger partial charge on any atom is -0.486 e. The number of fused-ring (bicyclic) bond motifs is 1. The standard InChI is InChI=1S/C17H25NO5/c1-12(2)17(18-16(19)11-21-7-6-20-3)13-4-5-14-15(10-13)23-9-8-22-14/h4-5,10,12,17H,6-9,11H2,1-3H3,(H,18,19). The summed E-state index contributed by atoms with van der Waals surface area (Å²) in [6, 6.07) is 5.68. The second kappa shape index (κ2) is 8.74. The summed E-state index contributed by atoms with van der Waals surface area (Å²) in [5, 5.41) is 3.02. The Balaban J connectivity index is 1.99. The number of amides is 1. The van der Waals surface area contributed by atoms with Gasteiger partial charge >= 0.3 is 0 Å². The van der Waals surface area contributed by atoms with Gasteiger partial charge in [0.05, 0.1) is 19.3 Å². The smallest absolute Gasteiger partial charge is 0.246 e. The fourth-order valence-corrected chi connectivity index (χ4v) is 2.41. The highest BCUT2D eigenvalue weighted by atomic mass is 16.6. The van der Waals surface area contributed by atoms with Crippen LogP contribution in [-0.2, 0) is 14.3 Å². The molecular formula is C17H25NO5. The van der Waals surface area contributed by atoms with E-state index in [0.29, 0.717) is 26.4 Å². The number of ether oxygens (including phenoxy) is 4. The Morgan fingerprint density at radius 1 is 1.22 bits per heavy atom. The van der Waals surface area contributed by atoms with Gasteiger partial charge in [0.25, 0.3) is 0 Å². The predicted molar refractivity (Wildman–Crippen MR) is 85.8 cm³/mol. The molecule has 2 rings (SSSR count). The fourth-order valence-electron chi connectivity index (χ4n) is 2.41. The molecule has 0 spiro atoms. The predicted octanol–water partition coefficient (Wildman–Crippen LogP) is 1.93. The summed E-state index contributed by atoms with van der Waals surface area (Å²) in [4.78, 5) is 12.1. The van der Waals surface area contributed by atoms with Gasteiger partial charge in [-0.25, -0.2) is 0 Å². The molecule has 0 aromatic heterocycles. The van der Waals surface area contributed by atoms with E-state index in [1.165, 1.54) is 0 Å². The van der Waals surface area contributed by atoms with Crippen molar-refractivity contribution in [2.45, 2.75) is 19.9 Å². The fraction of sp³-hybridized carbons (Fsp3) is 0.588. The Kier molecular flexibility index (Phi) is 6.67. The molecule has 23 heavy (non-hydrogen) atoms. The molecule has 1 amide bonds. The Bertz CT molecular complexity index is 518. The van der Waals surface area contributed by atoms with Crippen LogP contribution in [0.25, 0.3) is 0 Å². The second-order valence-corrected chi connectivity index (χ2v) is 5.74. The Morgan fingerprint density at radius 3 is 2.65 bits per heavy atom. The van der Waals surface area contributed by atoms with Crippen LogP contribution in [0.3, 0.4) is 0 Å². The van der Waals surface area contributed by atoms with Crippen LogP contribution in [0.15, 0.2) is 18.2 Å². The molecule has 1 heterocycles. The molecule has 1 N–H and O–H groups in total. The molecule has 1 aliphatic heterocycles. The summed E-state index contributed by atoms with van der Waals surface area (Å²) < 4.78 is 21.3. The molecule has 1 aromatic carbocycles. The molecule has 1 atom stereocenters. The number of carbonyl (C=O) groups excluding carboxylic acids is 1. The van der Waals surface area contributed by atoms with Gasteiger partial charge in [-0.1, -0.05) is 19.9 Å². The van der Waals surface area contributed by atoms with Crippen molar-refractivity contribution >= 4 is 5.91 Å². The molecule has 6 heteroatoms. The topological polar surface area (TPSA) is 66.0 Å². The van der Waals surface area contributed by atoms with E-state index in [2.05, 4.69) is 19.2 Å². The highest BCUT2D eigenvalue weighted by Gasteiger charge is 2.21. The average molecular weight is 323 g/mol. The summed E-state index contributed by atoms with van der Waals surface area (Å²) in [6.07, 6.45) is 0. The maximum absolute atomic E-state index is 12.1. The summed E-state index contributed by atoms with van der Waals surface area (Å²) in [5.41, 5.74) is 0.995. The van der Waals surface area contributed by atoms with Crippen LogP contribution in [0.5, 0.6) is 11.5 Å². The second-order valence-electron chi connectivity index (χ2n) is 5.74. The molecule has 1 aromatic rings. The Labute approximate surface area is 137 Å². The van der Waals surface area contributed by atoms with Crippen LogP contribution >= 0.6 is 0 Å². The van der Waals surface area contributed by atoms with Crippen LogP contribution in [-0.4, -0.2) is 46.1 Å². The van der Waals surface area contributed by atoms with Crippen molar-refractivity contribution in [1.29, 1.82) is 0 Å². The molecule has 1 unspecified atom stereocenters. The van der Waals surface area contributed by atoms with Gasteiger partial charge < -0.3 is 24.3 Å². The Hall–Kier alpha value is -1.79. The maximum Gasteiger partial charge on any atom is 0.246 e. The van der Waals surface area contributed by atoms with Gasteiger partial charge in [-0.2, -0.15) is 0 Å². The van der Waals surface area contributed by atoms with Gasteiger partial charge in [0, 0.05) is 7.11 Å². The van der Waals surface area contributed by atoms with Gasteiger partial charge in [0.1, 0.15) is 19.8 Å².